The number of aliphatic hydroxyl groups excluding tert-OH is 1. The highest BCUT2D eigenvalue weighted by atomic mass is 16.5. The SMILES string of the molecule is CCOc1ccc(-c2cc3cccn(C(O)N4CCN(C)CC4)c-3n2)cc1. The maximum atomic E-state index is 10.9. The van der Waals surface area contributed by atoms with Gasteiger partial charge in [-0.2, -0.15) is 0 Å². The minimum absolute atomic E-state index is 0.655. The van der Waals surface area contributed by atoms with Gasteiger partial charge in [-0.3, -0.25) is 9.47 Å². The number of pyridine rings is 1. The van der Waals surface area contributed by atoms with Gasteiger partial charge in [-0.25, -0.2) is 4.98 Å². The molecule has 0 aromatic heterocycles. The second-order valence-electron chi connectivity index (χ2n) is 6.98. The molecule has 0 spiro atoms. The lowest BCUT2D eigenvalue weighted by molar-refractivity contribution is -0.0722. The van der Waals surface area contributed by atoms with Crippen molar-refractivity contribution in [3.8, 4) is 28.4 Å². The summed E-state index contributed by atoms with van der Waals surface area (Å²) in [7, 11) is 2.11. The lowest BCUT2D eigenvalue weighted by Crippen LogP contribution is -2.47. The summed E-state index contributed by atoms with van der Waals surface area (Å²) in [6.45, 7) is 6.23. The third-order valence-electron chi connectivity index (χ3n) is 5.12. The van der Waals surface area contributed by atoms with Crippen LogP contribution in [-0.2, 0) is 0 Å². The Kier molecular flexibility index (Phi) is 5.11. The second kappa shape index (κ2) is 7.68. The van der Waals surface area contributed by atoms with E-state index in [4.69, 9.17) is 9.72 Å². The molecule has 1 fully saturated rings. The Bertz CT molecular complexity index is 853. The van der Waals surface area contributed by atoms with Gasteiger partial charge < -0.3 is 14.7 Å². The smallest absolute Gasteiger partial charge is 0.191 e. The molecule has 142 valence electrons. The topological polar surface area (TPSA) is 53.8 Å². The highest BCUT2D eigenvalue weighted by Crippen LogP contribution is 2.31. The molecule has 1 aromatic carbocycles. The van der Waals surface area contributed by atoms with Crippen LogP contribution in [0.3, 0.4) is 0 Å². The van der Waals surface area contributed by atoms with Crippen molar-refractivity contribution in [2.24, 2.45) is 0 Å². The van der Waals surface area contributed by atoms with Gasteiger partial charge in [-0.15, -0.1) is 0 Å². The van der Waals surface area contributed by atoms with E-state index in [0.29, 0.717) is 6.61 Å². The number of piperazine rings is 1. The van der Waals surface area contributed by atoms with Crippen molar-refractivity contribution >= 4 is 0 Å². The van der Waals surface area contributed by atoms with Crippen molar-refractivity contribution in [2.75, 3.05) is 39.8 Å². The summed E-state index contributed by atoms with van der Waals surface area (Å²) in [5.74, 6) is 1.66. The van der Waals surface area contributed by atoms with E-state index in [1.54, 1.807) is 0 Å². The fraction of sp³-hybridized carbons (Fsp3) is 0.381. The molecule has 0 radical (unpaired) electrons. The molecule has 1 atom stereocenters. The summed E-state index contributed by atoms with van der Waals surface area (Å²) in [5.41, 5.74) is 2.96. The summed E-state index contributed by atoms with van der Waals surface area (Å²) in [6, 6.07) is 14.0. The van der Waals surface area contributed by atoms with Gasteiger partial charge in [0.2, 0.25) is 0 Å². The van der Waals surface area contributed by atoms with Gasteiger partial charge in [0.05, 0.1) is 12.3 Å². The van der Waals surface area contributed by atoms with E-state index in [1.807, 2.05) is 54.1 Å². The molecule has 6 heteroatoms. The first-order chi connectivity index (χ1) is 13.2. The Balaban J connectivity index is 1.62. The Morgan fingerprint density at radius 2 is 1.81 bits per heavy atom. The summed E-state index contributed by atoms with van der Waals surface area (Å²) < 4.78 is 7.37. The first kappa shape index (κ1) is 18.0. The fourth-order valence-electron chi connectivity index (χ4n) is 3.51. The molecule has 3 aliphatic heterocycles. The van der Waals surface area contributed by atoms with Gasteiger partial charge >= 0.3 is 0 Å². The number of fused-ring (bicyclic) bond motifs is 1. The standard InChI is InChI=1S/C21H26N4O2/c1-3-27-18-8-6-16(7-9-18)19-15-17-5-4-10-25(20(17)22-19)21(26)24-13-11-23(2)12-14-24/h4-10,15,21,26H,3,11-14H2,1-2H3. The van der Waals surface area contributed by atoms with Gasteiger partial charge in [-0.05, 0) is 56.4 Å². The van der Waals surface area contributed by atoms with Crippen molar-refractivity contribution in [3.63, 3.8) is 0 Å². The largest absolute Gasteiger partial charge is 0.494 e. The first-order valence-corrected chi connectivity index (χ1v) is 9.47. The van der Waals surface area contributed by atoms with Gasteiger partial charge in [-0.1, -0.05) is 0 Å². The zero-order chi connectivity index (χ0) is 18.8. The van der Waals surface area contributed by atoms with E-state index in [-0.39, 0.29) is 0 Å². The third-order valence-corrected chi connectivity index (χ3v) is 5.12. The van der Waals surface area contributed by atoms with Crippen LogP contribution in [-0.4, -0.2) is 64.3 Å². The van der Waals surface area contributed by atoms with Crippen LogP contribution < -0.4 is 4.74 Å². The van der Waals surface area contributed by atoms with Crippen molar-refractivity contribution in [3.05, 3.63) is 48.7 Å². The minimum Gasteiger partial charge on any atom is -0.494 e. The van der Waals surface area contributed by atoms with Crippen LogP contribution in [0.1, 0.15) is 13.3 Å². The van der Waals surface area contributed by atoms with Crippen molar-refractivity contribution in [1.82, 2.24) is 19.4 Å². The Labute approximate surface area is 160 Å². The first-order valence-electron chi connectivity index (χ1n) is 9.47. The molecule has 27 heavy (non-hydrogen) atoms. The molecule has 0 amide bonds. The lowest BCUT2D eigenvalue weighted by atomic mass is 10.1. The fourth-order valence-corrected chi connectivity index (χ4v) is 3.51. The van der Waals surface area contributed by atoms with E-state index < -0.39 is 6.35 Å². The predicted molar refractivity (Wildman–Crippen MR) is 106 cm³/mol. The molecule has 6 nitrogen and oxygen atoms in total. The zero-order valence-electron chi connectivity index (χ0n) is 15.9. The highest BCUT2D eigenvalue weighted by molar-refractivity contribution is 5.72. The summed E-state index contributed by atoms with van der Waals surface area (Å²) >= 11 is 0. The van der Waals surface area contributed by atoms with Crippen molar-refractivity contribution < 1.29 is 9.84 Å². The maximum absolute atomic E-state index is 10.9. The van der Waals surface area contributed by atoms with E-state index in [0.717, 1.165) is 54.6 Å². The summed E-state index contributed by atoms with van der Waals surface area (Å²) in [5, 5.41) is 10.9. The average Bonchev–Trinajstić information content (AvgIpc) is 3.13. The molecular weight excluding hydrogens is 340 g/mol. The van der Waals surface area contributed by atoms with Crippen molar-refractivity contribution in [2.45, 2.75) is 13.3 Å². The van der Waals surface area contributed by atoms with Gasteiger partial charge in [0.1, 0.15) is 11.6 Å². The molecule has 3 heterocycles. The van der Waals surface area contributed by atoms with Gasteiger partial charge in [0.25, 0.3) is 0 Å². The van der Waals surface area contributed by atoms with Crippen LogP contribution in [0.5, 0.6) is 5.75 Å². The molecule has 0 saturated carbocycles. The maximum Gasteiger partial charge on any atom is 0.191 e. The molecule has 0 bridgehead atoms. The average molecular weight is 366 g/mol. The molecular formula is C21H26N4O2. The van der Waals surface area contributed by atoms with Crippen LogP contribution in [0.15, 0.2) is 48.7 Å². The Morgan fingerprint density at radius 1 is 1.07 bits per heavy atom. The van der Waals surface area contributed by atoms with Gasteiger partial charge in [0, 0.05) is 43.5 Å². The summed E-state index contributed by atoms with van der Waals surface area (Å²) in [4.78, 5) is 9.18. The number of hydrogen-bond acceptors (Lipinski definition) is 5. The Morgan fingerprint density at radius 3 is 2.52 bits per heavy atom. The second-order valence-corrected chi connectivity index (χ2v) is 6.98. The molecule has 1 N–H and O–H groups in total. The monoisotopic (exact) mass is 366 g/mol. The molecule has 1 saturated heterocycles. The van der Waals surface area contributed by atoms with Crippen molar-refractivity contribution in [1.29, 1.82) is 0 Å². The van der Waals surface area contributed by atoms with Gasteiger partial charge in [0.15, 0.2) is 6.35 Å². The predicted octanol–water partition coefficient (Wildman–Crippen LogP) is 2.75. The number of benzene rings is 1. The van der Waals surface area contributed by atoms with E-state index in [1.165, 1.54) is 0 Å². The van der Waals surface area contributed by atoms with Crippen LogP contribution >= 0.6 is 0 Å². The lowest BCUT2D eigenvalue weighted by Gasteiger charge is -2.36. The van der Waals surface area contributed by atoms with Crippen LogP contribution in [0.2, 0.25) is 0 Å². The van der Waals surface area contributed by atoms with Crippen LogP contribution in [0, 0.1) is 0 Å². The number of nitrogens with zero attached hydrogens (tertiary/aromatic N) is 4. The normalized spacial score (nSPS) is 17.3. The number of hydrogen-bond donors (Lipinski definition) is 1. The number of aromatic nitrogens is 2. The van der Waals surface area contributed by atoms with Crippen LogP contribution in [0.25, 0.3) is 22.6 Å². The molecule has 1 unspecified atom stereocenters. The molecule has 3 aliphatic rings. The summed E-state index contributed by atoms with van der Waals surface area (Å²) in [6.07, 6.45) is 1.20. The number of aliphatic hydroxyl groups is 1. The Hall–Kier alpha value is -2.41. The number of rotatable bonds is 5. The zero-order valence-corrected chi connectivity index (χ0v) is 15.9. The molecule has 1 aromatic rings. The van der Waals surface area contributed by atoms with Crippen LogP contribution in [0.4, 0.5) is 0 Å². The molecule has 0 aliphatic carbocycles. The minimum atomic E-state index is -0.703. The van der Waals surface area contributed by atoms with E-state index >= 15 is 0 Å². The quantitative estimate of drug-likeness (QED) is 0.753. The highest BCUT2D eigenvalue weighted by Gasteiger charge is 2.24. The van der Waals surface area contributed by atoms with E-state index in [9.17, 15) is 5.11 Å². The van der Waals surface area contributed by atoms with E-state index in [2.05, 4.69) is 22.9 Å². The molecule has 4 rings (SSSR count). The number of ether oxygens (including phenoxy) is 1. The third kappa shape index (κ3) is 3.69. The number of likely N-dealkylation sites (N-methyl/N-ethyl adjacent to an activating group) is 1.